The molecule has 0 fully saturated rings. The summed E-state index contributed by atoms with van der Waals surface area (Å²) >= 11 is 1.44. The highest BCUT2D eigenvalue weighted by molar-refractivity contribution is 7.91. The molecule has 0 aliphatic carbocycles. The largest absolute Gasteiger partial charge is 0.465 e. The van der Waals surface area contributed by atoms with Crippen LogP contribution in [0.3, 0.4) is 0 Å². The third kappa shape index (κ3) is 4.62. The first kappa shape index (κ1) is 18.1. The molecule has 1 amide bonds. The van der Waals surface area contributed by atoms with Gasteiger partial charge in [0.05, 0.1) is 26.9 Å². The van der Waals surface area contributed by atoms with Crippen molar-refractivity contribution in [3.05, 3.63) is 47.4 Å². The van der Waals surface area contributed by atoms with Gasteiger partial charge in [-0.3, -0.25) is 0 Å². The molecule has 0 aliphatic rings. The molecule has 0 aliphatic heterocycles. The summed E-state index contributed by atoms with van der Waals surface area (Å²) in [4.78, 5) is 15.5. The van der Waals surface area contributed by atoms with E-state index in [4.69, 9.17) is 5.11 Å². The molecule has 2 N–H and O–H groups in total. The van der Waals surface area contributed by atoms with Crippen LogP contribution in [0, 0.1) is 6.92 Å². The Morgan fingerprint density at radius 1 is 1.46 bits per heavy atom. The van der Waals surface area contributed by atoms with E-state index < -0.39 is 28.2 Å². The minimum absolute atomic E-state index is 0.0423. The van der Waals surface area contributed by atoms with E-state index in [0.29, 0.717) is 5.56 Å². The van der Waals surface area contributed by atoms with Crippen molar-refractivity contribution >= 4 is 27.3 Å². The molecule has 2 aromatic rings. The van der Waals surface area contributed by atoms with E-state index in [1.54, 1.807) is 18.3 Å². The summed E-state index contributed by atoms with van der Waals surface area (Å²) in [5, 5.41) is 11.3. The SMILES string of the molecule is Cc1ncc(-c2cccc(S(=O)(=O)C/C(=C/F)CNC(=O)O)c2)s1. The fourth-order valence-corrected chi connectivity index (χ4v) is 4.16. The van der Waals surface area contributed by atoms with Gasteiger partial charge in [0.2, 0.25) is 0 Å². The highest BCUT2D eigenvalue weighted by Gasteiger charge is 2.18. The van der Waals surface area contributed by atoms with Gasteiger partial charge in [0.1, 0.15) is 0 Å². The van der Waals surface area contributed by atoms with Gasteiger partial charge in [-0.25, -0.2) is 22.6 Å². The van der Waals surface area contributed by atoms with E-state index in [1.165, 1.54) is 23.5 Å². The number of hydrogen-bond donors (Lipinski definition) is 2. The van der Waals surface area contributed by atoms with Gasteiger partial charge in [0.15, 0.2) is 9.84 Å². The highest BCUT2D eigenvalue weighted by Crippen LogP contribution is 2.28. The van der Waals surface area contributed by atoms with Crippen LogP contribution in [0.15, 0.2) is 47.3 Å². The Morgan fingerprint density at radius 3 is 2.79 bits per heavy atom. The first-order chi connectivity index (χ1) is 11.3. The van der Waals surface area contributed by atoms with Crippen LogP contribution in [-0.4, -0.2) is 36.9 Å². The summed E-state index contributed by atoms with van der Waals surface area (Å²) in [5.41, 5.74) is 0.535. The fraction of sp³-hybridized carbons (Fsp3) is 0.200. The van der Waals surface area contributed by atoms with Gasteiger partial charge in [-0.2, -0.15) is 0 Å². The molecule has 1 aromatic carbocycles. The second kappa shape index (κ2) is 7.54. The number of nitrogens with zero attached hydrogens (tertiary/aromatic N) is 1. The number of aromatic nitrogens is 1. The van der Waals surface area contributed by atoms with E-state index in [0.717, 1.165) is 9.88 Å². The monoisotopic (exact) mass is 370 g/mol. The van der Waals surface area contributed by atoms with Crippen molar-refractivity contribution in [1.82, 2.24) is 10.3 Å². The molecule has 0 atom stereocenters. The number of nitrogens with one attached hydrogen (secondary N) is 1. The number of rotatable bonds is 6. The minimum Gasteiger partial charge on any atom is -0.465 e. The Labute approximate surface area is 142 Å². The van der Waals surface area contributed by atoms with Crippen LogP contribution in [0.4, 0.5) is 9.18 Å². The molecule has 0 radical (unpaired) electrons. The molecule has 0 saturated carbocycles. The predicted octanol–water partition coefficient (Wildman–Crippen LogP) is 3.01. The molecule has 128 valence electrons. The number of amides is 1. The molecular weight excluding hydrogens is 355 g/mol. The second-order valence-electron chi connectivity index (χ2n) is 4.96. The number of thiazole rings is 1. The Morgan fingerprint density at radius 2 is 2.21 bits per heavy atom. The highest BCUT2D eigenvalue weighted by atomic mass is 32.2. The normalized spacial score (nSPS) is 12.2. The van der Waals surface area contributed by atoms with Crippen LogP contribution < -0.4 is 5.32 Å². The summed E-state index contributed by atoms with van der Waals surface area (Å²) in [6, 6.07) is 6.30. The van der Waals surface area contributed by atoms with Gasteiger partial charge >= 0.3 is 6.09 Å². The van der Waals surface area contributed by atoms with E-state index in [1.807, 2.05) is 12.2 Å². The Bertz CT molecular complexity index is 875. The summed E-state index contributed by atoms with van der Waals surface area (Å²) in [6.45, 7) is 1.46. The number of benzene rings is 1. The third-order valence-corrected chi connectivity index (χ3v) is 5.78. The smallest absolute Gasteiger partial charge is 0.404 e. The van der Waals surface area contributed by atoms with Crippen molar-refractivity contribution in [2.75, 3.05) is 12.3 Å². The first-order valence-electron chi connectivity index (χ1n) is 6.82. The maximum Gasteiger partial charge on any atom is 0.404 e. The van der Waals surface area contributed by atoms with E-state index in [-0.39, 0.29) is 16.8 Å². The molecule has 1 heterocycles. The van der Waals surface area contributed by atoms with Crippen LogP contribution in [0.25, 0.3) is 10.4 Å². The summed E-state index contributed by atoms with van der Waals surface area (Å²) in [6.07, 6.45) is 0.425. The summed E-state index contributed by atoms with van der Waals surface area (Å²) < 4.78 is 37.7. The number of sulfone groups is 1. The Balaban J connectivity index is 2.24. The molecule has 0 bridgehead atoms. The molecule has 24 heavy (non-hydrogen) atoms. The quantitative estimate of drug-likeness (QED) is 0.815. The number of hydrogen-bond acceptors (Lipinski definition) is 5. The zero-order chi connectivity index (χ0) is 17.7. The summed E-state index contributed by atoms with van der Waals surface area (Å²) in [7, 11) is -3.80. The Hall–Kier alpha value is -2.26. The number of halogens is 1. The average Bonchev–Trinajstić information content (AvgIpc) is 2.98. The molecule has 0 saturated heterocycles. The van der Waals surface area contributed by atoms with Crippen molar-refractivity contribution in [2.24, 2.45) is 0 Å². The molecule has 2 rings (SSSR count). The van der Waals surface area contributed by atoms with Crippen molar-refractivity contribution in [1.29, 1.82) is 0 Å². The Kier molecular flexibility index (Phi) is 5.68. The molecular formula is C15H15FN2O4S2. The van der Waals surface area contributed by atoms with Crippen LogP contribution in [0.1, 0.15) is 5.01 Å². The minimum atomic E-state index is -3.80. The van der Waals surface area contributed by atoms with Crippen molar-refractivity contribution in [3.8, 4) is 10.4 Å². The van der Waals surface area contributed by atoms with Gasteiger partial charge in [-0.1, -0.05) is 12.1 Å². The fourth-order valence-electron chi connectivity index (χ4n) is 1.98. The average molecular weight is 370 g/mol. The summed E-state index contributed by atoms with van der Waals surface area (Å²) in [5.74, 6) is -0.602. The van der Waals surface area contributed by atoms with Crippen LogP contribution in [-0.2, 0) is 9.84 Å². The third-order valence-electron chi connectivity index (χ3n) is 3.10. The van der Waals surface area contributed by atoms with Gasteiger partial charge in [-0.15, -0.1) is 11.3 Å². The van der Waals surface area contributed by atoms with Crippen molar-refractivity contribution in [2.45, 2.75) is 11.8 Å². The predicted molar refractivity (Wildman–Crippen MR) is 89.6 cm³/mol. The lowest BCUT2D eigenvalue weighted by Crippen LogP contribution is -2.25. The van der Waals surface area contributed by atoms with Gasteiger partial charge in [0, 0.05) is 12.7 Å². The number of aryl methyl sites for hydroxylation is 1. The lowest BCUT2D eigenvalue weighted by Gasteiger charge is -2.08. The zero-order valence-electron chi connectivity index (χ0n) is 12.7. The van der Waals surface area contributed by atoms with Crippen LogP contribution in [0.5, 0.6) is 0 Å². The standard InChI is InChI=1S/C15H15FN2O4S2/c1-10-17-8-14(23-10)12-3-2-4-13(5-12)24(21,22)9-11(6-16)7-18-15(19)20/h2-6,8,18H,7,9H2,1H3,(H,19,20)/b11-6+. The number of carboxylic acid groups (broad SMARTS) is 1. The van der Waals surface area contributed by atoms with Gasteiger partial charge < -0.3 is 10.4 Å². The number of carbonyl (C=O) groups is 1. The van der Waals surface area contributed by atoms with E-state index in [9.17, 15) is 17.6 Å². The topological polar surface area (TPSA) is 96.4 Å². The molecule has 1 aromatic heterocycles. The van der Waals surface area contributed by atoms with E-state index >= 15 is 0 Å². The molecule has 0 unspecified atom stereocenters. The molecule has 9 heteroatoms. The zero-order valence-corrected chi connectivity index (χ0v) is 14.3. The lowest BCUT2D eigenvalue weighted by atomic mass is 10.2. The van der Waals surface area contributed by atoms with Gasteiger partial charge in [0.25, 0.3) is 0 Å². The van der Waals surface area contributed by atoms with Crippen LogP contribution in [0.2, 0.25) is 0 Å². The first-order valence-corrected chi connectivity index (χ1v) is 9.29. The lowest BCUT2D eigenvalue weighted by molar-refractivity contribution is 0.195. The van der Waals surface area contributed by atoms with Crippen molar-refractivity contribution in [3.63, 3.8) is 0 Å². The maximum atomic E-state index is 12.8. The van der Waals surface area contributed by atoms with Crippen LogP contribution >= 0.6 is 11.3 Å². The maximum absolute atomic E-state index is 12.8. The second-order valence-corrected chi connectivity index (χ2v) is 8.18. The molecule has 6 nitrogen and oxygen atoms in total. The molecule has 0 spiro atoms. The van der Waals surface area contributed by atoms with Gasteiger partial charge in [-0.05, 0) is 30.2 Å². The van der Waals surface area contributed by atoms with E-state index in [2.05, 4.69) is 4.98 Å². The van der Waals surface area contributed by atoms with Crippen molar-refractivity contribution < 1.29 is 22.7 Å².